The van der Waals surface area contributed by atoms with Gasteiger partial charge in [-0.1, -0.05) is 70.3 Å². The van der Waals surface area contributed by atoms with Gasteiger partial charge in [-0.05, 0) is 56.8 Å². The quantitative estimate of drug-likeness (QED) is 0.296. The van der Waals surface area contributed by atoms with Gasteiger partial charge in [0.1, 0.15) is 0 Å². The molecule has 0 atom stereocenters. The fraction of sp³-hybridized carbons (Fsp3) is 0.800. The van der Waals surface area contributed by atoms with E-state index in [2.05, 4.69) is 38.2 Å². The zero-order chi connectivity index (χ0) is 14.5. The van der Waals surface area contributed by atoms with Crippen molar-refractivity contribution in [2.45, 2.75) is 90.9 Å². The van der Waals surface area contributed by atoms with Crippen LogP contribution in [0.1, 0.15) is 90.9 Å². The van der Waals surface area contributed by atoms with Gasteiger partial charge in [0.15, 0.2) is 0 Å². The molecule has 0 heterocycles. The first-order chi connectivity index (χ1) is 9.86. The van der Waals surface area contributed by atoms with E-state index in [9.17, 15) is 0 Å². The summed E-state index contributed by atoms with van der Waals surface area (Å²) in [7, 11) is 0. The lowest BCUT2D eigenvalue weighted by molar-refractivity contribution is 0.355. The minimum Gasteiger partial charge on any atom is -0.0885 e. The summed E-state index contributed by atoms with van der Waals surface area (Å²) in [6.07, 6.45) is 26.4. The molecule has 0 nitrogen and oxygen atoms in total. The van der Waals surface area contributed by atoms with Crippen LogP contribution in [0.4, 0.5) is 0 Å². The van der Waals surface area contributed by atoms with Crippen LogP contribution in [0.3, 0.4) is 0 Å². The van der Waals surface area contributed by atoms with Crippen molar-refractivity contribution in [1.82, 2.24) is 0 Å². The summed E-state index contributed by atoms with van der Waals surface area (Å²) in [6.45, 7) is 4.52. The van der Waals surface area contributed by atoms with Crippen LogP contribution in [-0.2, 0) is 0 Å². The lowest BCUT2D eigenvalue weighted by Crippen LogP contribution is -2.11. The normalized spacial score (nSPS) is 23.9. The van der Waals surface area contributed by atoms with Crippen LogP contribution in [-0.4, -0.2) is 0 Å². The Bertz CT molecular complexity index is 253. The highest BCUT2D eigenvalue weighted by atomic mass is 14.2. The lowest BCUT2D eigenvalue weighted by Gasteiger charge is -2.24. The maximum atomic E-state index is 2.52. The predicted molar refractivity (Wildman–Crippen MR) is 92.0 cm³/mol. The second-order valence-electron chi connectivity index (χ2n) is 6.50. The maximum absolute atomic E-state index is 2.52. The highest BCUT2D eigenvalue weighted by molar-refractivity contribution is 4.95. The van der Waals surface area contributed by atoms with E-state index >= 15 is 0 Å². The van der Waals surface area contributed by atoms with Crippen molar-refractivity contribution in [3.8, 4) is 0 Å². The van der Waals surface area contributed by atoms with Crippen molar-refractivity contribution < 1.29 is 0 Å². The molecule has 0 amide bonds. The van der Waals surface area contributed by atoms with Gasteiger partial charge < -0.3 is 0 Å². The fourth-order valence-corrected chi connectivity index (χ4v) is 3.19. The largest absolute Gasteiger partial charge is 0.0885 e. The summed E-state index contributed by atoms with van der Waals surface area (Å²) >= 11 is 0. The molecule has 0 radical (unpaired) electrons. The molecule has 1 fully saturated rings. The van der Waals surface area contributed by atoms with E-state index in [-0.39, 0.29) is 0 Å². The first-order valence-corrected chi connectivity index (χ1v) is 9.20. The monoisotopic (exact) mass is 276 g/mol. The Kier molecular flexibility index (Phi) is 10.7. The molecule has 0 heteroatoms. The highest BCUT2D eigenvalue weighted by Gasteiger charge is 2.16. The highest BCUT2D eigenvalue weighted by Crippen LogP contribution is 2.30. The SMILES string of the molecule is CCC=CC1CCC(C=CCCCCCCCC)CC1. The number of unbranched alkanes of at least 4 members (excludes halogenated alkanes) is 6. The van der Waals surface area contributed by atoms with E-state index in [4.69, 9.17) is 0 Å². The summed E-state index contributed by atoms with van der Waals surface area (Å²) in [4.78, 5) is 0. The molecular formula is C20H36. The molecule has 0 aromatic heterocycles. The van der Waals surface area contributed by atoms with Crippen molar-refractivity contribution in [2.24, 2.45) is 11.8 Å². The summed E-state index contributed by atoms with van der Waals surface area (Å²) in [5, 5.41) is 0. The van der Waals surface area contributed by atoms with Crippen LogP contribution in [0.2, 0.25) is 0 Å². The molecule has 1 aliphatic carbocycles. The van der Waals surface area contributed by atoms with Crippen molar-refractivity contribution in [1.29, 1.82) is 0 Å². The average Bonchev–Trinajstić information content (AvgIpc) is 2.49. The Labute approximate surface area is 127 Å². The van der Waals surface area contributed by atoms with Crippen LogP contribution in [0.25, 0.3) is 0 Å². The van der Waals surface area contributed by atoms with E-state index in [1.165, 1.54) is 77.0 Å². The van der Waals surface area contributed by atoms with Gasteiger partial charge in [0.2, 0.25) is 0 Å². The summed E-state index contributed by atoms with van der Waals surface area (Å²) in [5.74, 6) is 1.75. The Morgan fingerprint density at radius 2 is 1.25 bits per heavy atom. The van der Waals surface area contributed by atoms with E-state index < -0.39 is 0 Å². The van der Waals surface area contributed by atoms with E-state index in [1.807, 2.05) is 0 Å². The van der Waals surface area contributed by atoms with Crippen molar-refractivity contribution in [3.63, 3.8) is 0 Å². The lowest BCUT2D eigenvalue weighted by atomic mass is 9.81. The van der Waals surface area contributed by atoms with Gasteiger partial charge in [-0.25, -0.2) is 0 Å². The molecule has 0 aromatic carbocycles. The number of hydrogen-bond donors (Lipinski definition) is 0. The summed E-state index contributed by atoms with van der Waals surface area (Å²) in [5.41, 5.74) is 0. The third-order valence-electron chi connectivity index (χ3n) is 4.59. The molecule has 1 saturated carbocycles. The third-order valence-corrected chi connectivity index (χ3v) is 4.59. The topological polar surface area (TPSA) is 0 Å². The zero-order valence-corrected chi connectivity index (χ0v) is 13.9. The smallest absolute Gasteiger partial charge is 0.0233 e. The third kappa shape index (κ3) is 8.61. The van der Waals surface area contributed by atoms with Crippen LogP contribution < -0.4 is 0 Å². The van der Waals surface area contributed by atoms with Gasteiger partial charge in [-0.2, -0.15) is 0 Å². The Hall–Kier alpha value is -0.520. The Morgan fingerprint density at radius 3 is 1.85 bits per heavy atom. The second-order valence-corrected chi connectivity index (χ2v) is 6.50. The van der Waals surface area contributed by atoms with Gasteiger partial charge in [-0.15, -0.1) is 0 Å². The molecule has 20 heavy (non-hydrogen) atoms. The Morgan fingerprint density at radius 1 is 0.700 bits per heavy atom. The van der Waals surface area contributed by atoms with Crippen LogP contribution in [0, 0.1) is 11.8 Å². The van der Waals surface area contributed by atoms with Crippen molar-refractivity contribution in [2.75, 3.05) is 0 Å². The second kappa shape index (κ2) is 12.2. The maximum Gasteiger partial charge on any atom is -0.0233 e. The predicted octanol–water partition coefficient (Wildman–Crippen LogP) is 7.07. The molecule has 0 saturated heterocycles. The number of hydrogen-bond acceptors (Lipinski definition) is 0. The molecule has 0 N–H and O–H groups in total. The van der Waals surface area contributed by atoms with Crippen LogP contribution in [0.15, 0.2) is 24.3 Å². The minimum absolute atomic E-state index is 0.873. The van der Waals surface area contributed by atoms with Gasteiger partial charge >= 0.3 is 0 Å². The standard InChI is InChI=1S/C20H36/c1-3-5-7-8-9-10-11-12-14-20-17-15-19(16-18-20)13-6-4-2/h6,12-14,19-20H,3-5,7-11,15-18H2,1-2H3. The van der Waals surface area contributed by atoms with E-state index in [1.54, 1.807) is 0 Å². The summed E-state index contributed by atoms with van der Waals surface area (Å²) < 4.78 is 0. The van der Waals surface area contributed by atoms with Gasteiger partial charge in [-0.3, -0.25) is 0 Å². The molecule has 0 spiro atoms. The van der Waals surface area contributed by atoms with E-state index in [0.29, 0.717) is 0 Å². The van der Waals surface area contributed by atoms with Crippen molar-refractivity contribution in [3.05, 3.63) is 24.3 Å². The van der Waals surface area contributed by atoms with Crippen molar-refractivity contribution >= 4 is 0 Å². The molecule has 0 aromatic rings. The van der Waals surface area contributed by atoms with Gasteiger partial charge in [0, 0.05) is 0 Å². The summed E-state index contributed by atoms with van der Waals surface area (Å²) in [6, 6.07) is 0. The number of allylic oxidation sites excluding steroid dienone is 4. The molecule has 1 aliphatic rings. The number of rotatable bonds is 10. The molecule has 0 bridgehead atoms. The average molecular weight is 277 g/mol. The van der Waals surface area contributed by atoms with Crippen LogP contribution in [0.5, 0.6) is 0 Å². The fourth-order valence-electron chi connectivity index (χ4n) is 3.19. The molecule has 116 valence electrons. The first-order valence-electron chi connectivity index (χ1n) is 9.20. The molecule has 0 aliphatic heterocycles. The van der Waals surface area contributed by atoms with Gasteiger partial charge in [0.05, 0.1) is 0 Å². The zero-order valence-electron chi connectivity index (χ0n) is 13.9. The van der Waals surface area contributed by atoms with Gasteiger partial charge in [0.25, 0.3) is 0 Å². The first kappa shape index (κ1) is 17.5. The van der Waals surface area contributed by atoms with Crippen LogP contribution >= 0.6 is 0 Å². The molecule has 0 unspecified atom stereocenters. The molecule has 1 rings (SSSR count). The Balaban J connectivity index is 1.99. The minimum atomic E-state index is 0.873. The van der Waals surface area contributed by atoms with E-state index in [0.717, 1.165) is 11.8 Å². The molecular weight excluding hydrogens is 240 g/mol.